The maximum Gasteiger partial charge on any atom is 0.328 e. The molecule has 1 aromatic carbocycles. The van der Waals surface area contributed by atoms with Crippen molar-refractivity contribution in [2.75, 3.05) is 38.7 Å². The van der Waals surface area contributed by atoms with Crippen molar-refractivity contribution < 1.29 is 4.74 Å². The van der Waals surface area contributed by atoms with Crippen LogP contribution in [0.4, 0.5) is 11.5 Å². The minimum atomic E-state index is -0.185. The van der Waals surface area contributed by atoms with E-state index in [9.17, 15) is 4.79 Å². The van der Waals surface area contributed by atoms with E-state index in [2.05, 4.69) is 32.1 Å². The lowest BCUT2D eigenvalue weighted by molar-refractivity contribution is 0.0697. The first-order valence-corrected chi connectivity index (χ1v) is 12.0. The standard InChI is InChI=1S/C24H27N9O2/c1-25-16-3-4-18-19(13-16)32(14-26-18)23-29-21(27-15-5-9-31(2)10-6-15)20-22(30-23)33(24(34)28-20)17-7-11-35-12-8-17/h3-4,13-15,17H,5-12H2,2H3,(H,28,34)(H,27,29,30). The Morgan fingerprint density at radius 1 is 1.17 bits per heavy atom. The number of piperidine rings is 1. The molecule has 3 aromatic heterocycles. The van der Waals surface area contributed by atoms with Crippen LogP contribution in [0.5, 0.6) is 0 Å². The van der Waals surface area contributed by atoms with Crippen molar-refractivity contribution in [1.29, 1.82) is 0 Å². The molecular formula is C24H27N9O2. The van der Waals surface area contributed by atoms with Gasteiger partial charge in [-0.15, -0.1) is 0 Å². The zero-order valence-corrected chi connectivity index (χ0v) is 19.6. The van der Waals surface area contributed by atoms with Crippen LogP contribution in [-0.4, -0.2) is 73.4 Å². The molecule has 0 bridgehead atoms. The summed E-state index contributed by atoms with van der Waals surface area (Å²) >= 11 is 0. The molecule has 2 fully saturated rings. The van der Waals surface area contributed by atoms with Crippen LogP contribution in [0.2, 0.25) is 0 Å². The summed E-state index contributed by atoms with van der Waals surface area (Å²) in [6.07, 6.45) is 5.16. The zero-order chi connectivity index (χ0) is 23.9. The minimum Gasteiger partial charge on any atom is -0.381 e. The first kappa shape index (κ1) is 21.8. The molecule has 35 heavy (non-hydrogen) atoms. The summed E-state index contributed by atoms with van der Waals surface area (Å²) in [6.45, 7) is 10.6. The van der Waals surface area contributed by atoms with Crippen LogP contribution in [0, 0.1) is 6.57 Å². The Bertz CT molecular complexity index is 1480. The molecule has 0 spiro atoms. The quantitative estimate of drug-likeness (QED) is 0.439. The number of rotatable bonds is 4. The van der Waals surface area contributed by atoms with E-state index in [-0.39, 0.29) is 17.8 Å². The molecule has 180 valence electrons. The molecule has 0 unspecified atom stereocenters. The highest BCUT2D eigenvalue weighted by Gasteiger charge is 2.26. The normalized spacial score (nSPS) is 18.3. The molecule has 0 radical (unpaired) electrons. The minimum absolute atomic E-state index is 0.0113. The molecule has 4 aromatic rings. The summed E-state index contributed by atoms with van der Waals surface area (Å²) in [5, 5.41) is 3.59. The maximum atomic E-state index is 13.1. The fraction of sp³-hybridized carbons (Fsp3) is 0.458. The SMILES string of the molecule is [C-]#[N+]c1ccc2ncn(-c3nc(NC4CCN(C)CC4)c4[nH]c(=O)n(C5CCOCC5)c4n3)c2c1. The molecule has 2 aliphatic rings. The van der Waals surface area contributed by atoms with Crippen molar-refractivity contribution in [2.45, 2.75) is 37.8 Å². The number of ether oxygens (including phenoxy) is 1. The van der Waals surface area contributed by atoms with Crippen LogP contribution in [0.3, 0.4) is 0 Å². The van der Waals surface area contributed by atoms with Crippen molar-refractivity contribution in [3.63, 3.8) is 0 Å². The van der Waals surface area contributed by atoms with Gasteiger partial charge in [0, 0.05) is 25.3 Å². The van der Waals surface area contributed by atoms with Crippen LogP contribution in [0.25, 0.3) is 33.0 Å². The van der Waals surface area contributed by atoms with Crippen LogP contribution < -0.4 is 11.0 Å². The van der Waals surface area contributed by atoms with Gasteiger partial charge in [-0.3, -0.25) is 9.13 Å². The van der Waals surface area contributed by atoms with Crippen molar-refractivity contribution in [1.82, 2.24) is 34.0 Å². The number of anilines is 1. The Labute approximate surface area is 201 Å². The lowest BCUT2D eigenvalue weighted by Gasteiger charge is -2.30. The predicted octanol–water partition coefficient (Wildman–Crippen LogP) is 2.87. The summed E-state index contributed by atoms with van der Waals surface area (Å²) in [4.78, 5) is 36.2. The van der Waals surface area contributed by atoms with Gasteiger partial charge in [0.2, 0.25) is 5.95 Å². The Kier molecular flexibility index (Phi) is 5.47. The molecule has 0 saturated carbocycles. The van der Waals surface area contributed by atoms with E-state index in [1.807, 2.05) is 6.07 Å². The summed E-state index contributed by atoms with van der Waals surface area (Å²) in [5.41, 5.74) is 3.03. The number of nitrogens with zero attached hydrogens (tertiary/aromatic N) is 7. The van der Waals surface area contributed by atoms with Crippen LogP contribution in [0.1, 0.15) is 31.7 Å². The highest BCUT2D eigenvalue weighted by molar-refractivity contribution is 5.85. The summed E-state index contributed by atoms with van der Waals surface area (Å²) in [6, 6.07) is 5.62. The van der Waals surface area contributed by atoms with Gasteiger partial charge in [-0.2, -0.15) is 9.97 Å². The zero-order valence-electron chi connectivity index (χ0n) is 19.6. The largest absolute Gasteiger partial charge is 0.381 e. The Morgan fingerprint density at radius 2 is 1.97 bits per heavy atom. The van der Waals surface area contributed by atoms with Gasteiger partial charge in [0.1, 0.15) is 11.8 Å². The molecule has 11 nitrogen and oxygen atoms in total. The lowest BCUT2D eigenvalue weighted by Crippen LogP contribution is -2.37. The van der Waals surface area contributed by atoms with E-state index in [4.69, 9.17) is 21.3 Å². The highest BCUT2D eigenvalue weighted by Crippen LogP contribution is 2.29. The number of aromatic amines is 1. The number of likely N-dealkylation sites (tertiary alicyclic amines) is 1. The first-order valence-electron chi connectivity index (χ1n) is 12.0. The fourth-order valence-corrected chi connectivity index (χ4v) is 5.06. The number of nitrogens with one attached hydrogen (secondary N) is 2. The van der Waals surface area contributed by atoms with Crippen molar-refractivity contribution >= 4 is 33.7 Å². The number of benzene rings is 1. The van der Waals surface area contributed by atoms with E-state index in [1.54, 1.807) is 27.6 Å². The van der Waals surface area contributed by atoms with E-state index >= 15 is 0 Å². The Morgan fingerprint density at radius 3 is 2.74 bits per heavy atom. The van der Waals surface area contributed by atoms with Crippen LogP contribution in [-0.2, 0) is 4.74 Å². The molecule has 2 aliphatic heterocycles. The van der Waals surface area contributed by atoms with Crippen molar-refractivity contribution in [3.05, 3.63) is 46.4 Å². The van der Waals surface area contributed by atoms with Gasteiger partial charge < -0.3 is 19.9 Å². The highest BCUT2D eigenvalue weighted by atomic mass is 16.5. The number of aromatic nitrogens is 6. The predicted molar refractivity (Wildman–Crippen MR) is 132 cm³/mol. The van der Waals surface area contributed by atoms with Gasteiger partial charge in [-0.25, -0.2) is 14.6 Å². The third kappa shape index (κ3) is 3.94. The maximum absolute atomic E-state index is 13.1. The summed E-state index contributed by atoms with van der Waals surface area (Å²) in [5.74, 6) is 1.03. The average Bonchev–Trinajstić information content (AvgIpc) is 3.46. The summed E-state index contributed by atoms with van der Waals surface area (Å²) in [7, 11) is 2.13. The van der Waals surface area contributed by atoms with Gasteiger partial charge in [-0.1, -0.05) is 6.07 Å². The average molecular weight is 474 g/mol. The Hall–Kier alpha value is -3.75. The van der Waals surface area contributed by atoms with Crippen LogP contribution >= 0.6 is 0 Å². The molecule has 6 rings (SSSR count). The first-order chi connectivity index (χ1) is 17.1. The van der Waals surface area contributed by atoms with Gasteiger partial charge in [-0.05, 0) is 58.0 Å². The second-order valence-electron chi connectivity index (χ2n) is 9.34. The van der Waals surface area contributed by atoms with E-state index in [0.717, 1.165) is 49.8 Å². The molecule has 2 N–H and O–H groups in total. The van der Waals surface area contributed by atoms with Gasteiger partial charge >= 0.3 is 5.69 Å². The monoisotopic (exact) mass is 473 g/mol. The molecule has 0 amide bonds. The number of imidazole rings is 2. The topological polar surface area (TPSA) is 110 Å². The lowest BCUT2D eigenvalue weighted by atomic mass is 10.1. The van der Waals surface area contributed by atoms with Gasteiger partial charge in [0.25, 0.3) is 0 Å². The number of H-pyrrole nitrogens is 1. The van der Waals surface area contributed by atoms with Crippen molar-refractivity contribution in [3.8, 4) is 5.95 Å². The second kappa shape index (κ2) is 8.79. The Balaban J connectivity index is 1.52. The third-order valence-corrected chi connectivity index (χ3v) is 7.05. The van der Waals surface area contributed by atoms with Crippen molar-refractivity contribution in [2.24, 2.45) is 0 Å². The van der Waals surface area contributed by atoms with E-state index in [1.165, 1.54) is 0 Å². The molecule has 0 atom stereocenters. The van der Waals surface area contributed by atoms with Gasteiger partial charge in [0.15, 0.2) is 17.2 Å². The second-order valence-corrected chi connectivity index (χ2v) is 9.34. The van der Waals surface area contributed by atoms with Crippen LogP contribution in [0.15, 0.2) is 29.3 Å². The number of hydrogen-bond acceptors (Lipinski definition) is 7. The molecular weight excluding hydrogens is 446 g/mol. The summed E-state index contributed by atoms with van der Waals surface area (Å²) < 4.78 is 9.07. The smallest absolute Gasteiger partial charge is 0.328 e. The van der Waals surface area contributed by atoms with Gasteiger partial charge in [0.05, 0.1) is 17.6 Å². The number of hydrogen-bond donors (Lipinski definition) is 2. The molecule has 11 heteroatoms. The molecule has 2 saturated heterocycles. The molecule has 0 aliphatic carbocycles. The fourth-order valence-electron chi connectivity index (χ4n) is 5.06. The molecule has 5 heterocycles. The van der Waals surface area contributed by atoms with E-state index < -0.39 is 0 Å². The third-order valence-electron chi connectivity index (χ3n) is 7.05. The number of fused-ring (bicyclic) bond motifs is 2. The van der Waals surface area contributed by atoms with E-state index in [0.29, 0.717) is 41.8 Å².